The maximum absolute atomic E-state index is 12.5. The molecule has 0 spiro atoms. The molecule has 2 saturated heterocycles. The Balaban J connectivity index is 1.53. The molecule has 3 aliphatic carbocycles. The van der Waals surface area contributed by atoms with Crippen LogP contribution in [0.4, 0.5) is 0 Å². The zero-order valence-electron chi connectivity index (χ0n) is 15.6. The van der Waals surface area contributed by atoms with Gasteiger partial charge in [-0.2, -0.15) is 0 Å². The highest BCUT2D eigenvalue weighted by molar-refractivity contribution is 6.53. The molecule has 0 aromatic heterocycles. The van der Waals surface area contributed by atoms with Crippen LogP contribution >= 0.6 is 0 Å². The van der Waals surface area contributed by atoms with Crippen LogP contribution < -0.4 is 0 Å². The molecule has 5 aliphatic rings. The van der Waals surface area contributed by atoms with Crippen LogP contribution in [0, 0.1) is 30.2 Å². The van der Waals surface area contributed by atoms with E-state index in [1.165, 1.54) is 6.42 Å². The zero-order chi connectivity index (χ0) is 18.2. The summed E-state index contributed by atoms with van der Waals surface area (Å²) in [5, 5.41) is 0. The number of rotatable bonds is 2. The minimum absolute atomic E-state index is 0.108. The molecule has 5 rings (SSSR count). The van der Waals surface area contributed by atoms with Crippen molar-refractivity contribution >= 4 is 19.1 Å². The lowest BCUT2D eigenvalue weighted by Gasteiger charge is -2.66. The Morgan fingerprint density at radius 3 is 2.12 bits per heavy atom. The number of carbonyl (C=O) groups excluding carboxylic acids is 2. The Bertz CT molecular complexity index is 597. The van der Waals surface area contributed by atoms with E-state index in [0.717, 1.165) is 6.42 Å². The molecule has 0 radical (unpaired) electrons. The first-order valence-electron chi connectivity index (χ1n) is 9.29. The highest BCUT2D eigenvalue weighted by Gasteiger charge is 2.62. The highest BCUT2D eigenvalue weighted by Crippen LogP contribution is 2.62. The maximum Gasteiger partial charge on any atom is 0.635 e. The molecule has 6 nitrogen and oxygen atoms in total. The molecule has 2 bridgehead atoms. The van der Waals surface area contributed by atoms with Crippen molar-refractivity contribution in [2.45, 2.75) is 52.1 Å². The predicted molar refractivity (Wildman–Crippen MR) is 90.6 cm³/mol. The van der Waals surface area contributed by atoms with E-state index in [4.69, 9.17) is 14.0 Å². The predicted octanol–water partition coefficient (Wildman–Crippen LogP) is 1.58. The van der Waals surface area contributed by atoms with Crippen LogP contribution in [0.1, 0.15) is 40.5 Å². The van der Waals surface area contributed by atoms with Crippen molar-refractivity contribution in [2.75, 3.05) is 19.7 Å². The molecule has 0 N–H and O–H groups in total. The van der Waals surface area contributed by atoms with E-state index in [1.54, 1.807) is 6.92 Å². The summed E-state index contributed by atoms with van der Waals surface area (Å²) in [7, 11) is 3.37. The van der Waals surface area contributed by atoms with Crippen LogP contribution in [-0.4, -0.2) is 54.8 Å². The van der Waals surface area contributed by atoms with E-state index in [9.17, 15) is 9.59 Å². The summed E-state index contributed by atoms with van der Waals surface area (Å²) < 4.78 is 16.3. The third-order valence-electron chi connectivity index (χ3n) is 7.48. The molecule has 1 unspecified atom stereocenters. The molecule has 0 amide bonds. The van der Waals surface area contributed by atoms with Crippen molar-refractivity contribution < 1.29 is 28.1 Å². The van der Waals surface area contributed by atoms with Gasteiger partial charge in [-0.1, -0.05) is 20.8 Å². The van der Waals surface area contributed by atoms with E-state index in [1.807, 2.05) is 0 Å². The first-order valence-corrected chi connectivity index (χ1v) is 9.29. The maximum atomic E-state index is 12.5. The highest BCUT2D eigenvalue weighted by atomic mass is 16.7. The number of epoxide rings is 1. The minimum atomic E-state index is -0.947. The lowest BCUT2D eigenvalue weighted by molar-refractivity contribution is -0.904. The average molecular weight is 349 g/mol. The van der Waals surface area contributed by atoms with Gasteiger partial charge in [0.05, 0.1) is 12.6 Å². The quantitative estimate of drug-likeness (QED) is 0.328. The number of carbonyl (C=O) groups is 2. The molecular formula is C18H28BNO5. The van der Waals surface area contributed by atoms with Crippen LogP contribution in [0.2, 0.25) is 0 Å². The number of nitrogens with zero attached hydrogens (tertiary/aromatic N) is 1. The number of fused-ring (bicyclic) bond motifs is 2. The summed E-state index contributed by atoms with van der Waals surface area (Å²) in [6.07, 6.45) is 2.25. The number of ether oxygens (including phenoxy) is 1. The van der Waals surface area contributed by atoms with Crippen LogP contribution in [0.25, 0.3) is 0 Å². The van der Waals surface area contributed by atoms with E-state index < -0.39 is 12.6 Å². The molecule has 7 heteroatoms. The Labute approximate surface area is 149 Å². The van der Waals surface area contributed by atoms with E-state index in [2.05, 4.69) is 27.8 Å². The molecule has 5 atom stereocenters. The lowest BCUT2D eigenvalue weighted by Crippen LogP contribution is -2.68. The number of hydrogen-bond donors (Lipinski definition) is 0. The van der Waals surface area contributed by atoms with E-state index in [-0.39, 0.29) is 35.6 Å². The lowest BCUT2D eigenvalue weighted by atomic mass is 9.44. The summed E-state index contributed by atoms with van der Waals surface area (Å²) in [5.74, 6) is 0.943. The normalized spacial score (nSPS) is 44.8. The van der Waals surface area contributed by atoms with Crippen molar-refractivity contribution in [1.82, 2.24) is 0 Å². The van der Waals surface area contributed by atoms with Gasteiger partial charge in [0.1, 0.15) is 0 Å². The van der Waals surface area contributed by atoms with Crippen molar-refractivity contribution in [3.63, 3.8) is 0 Å². The van der Waals surface area contributed by atoms with E-state index >= 15 is 0 Å². The van der Waals surface area contributed by atoms with Gasteiger partial charge in [0.2, 0.25) is 0 Å². The second kappa shape index (κ2) is 5.23. The van der Waals surface area contributed by atoms with Gasteiger partial charge in [-0.25, -0.2) is 9.59 Å². The fourth-order valence-corrected chi connectivity index (χ4v) is 5.49. The summed E-state index contributed by atoms with van der Waals surface area (Å²) in [6, 6.07) is 0.182. The van der Waals surface area contributed by atoms with Gasteiger partial charge in [0.25, 0.3) is 0 Å². The smallest absolute Gasteiger partial charge is 0.493 e. The molecule has 3 saturated carbocycles. The van der Waals surface area contributed by atoms with Crippen LogP contribution in [0.3, 0.4) is 0 Å². The second-order valence-corrected chi connectivity index (χ2v) is 9.47. The second-order valence-electron chi connectivity index (χ2n) is 9.47. The number of quaternary nitrogens is 1. The monoisotopic (exact) mass is 349 g/mol. The topological polar surface area (TPSA) is 65.1 Å². The van der Waals surface area contributed by atoms with Gasteiger partial charge in [-0.3, -0.25) is 0 Å². The third kappa shape index (κ3) is 2.62. The van der Waals surface area contributed by atoms with Gasteiger partial charge >= 0.3 is 19.1 Å². The standard InChI is InChI=1S/C18H28BNO5/c1-11-13-6-12(17(13,2)3)7-14(11)20(5)8-15(21)24-19(18(4)10-23-18)25-16(22)9-20/h11-14H,5-10H2,1-4H3/t11-,12+,13?,14-,18-/m1/s1. The largest absolute Gasteiger partial charge is 0.635 e. The van der Waals surface area contributed by atoms with Crippen molar-refractivity contribution in [2.24, 2.45) is 23.2 Å². The van der Waals surface area contributed by atoms with Gasteiger partial charge in [-0.05, 0) is 30.6 Å². The van der Waals surface area contributed by atoms with Crippen molar-refractivity contribution in [3.05, 3.63) is 7.05 Å². The first kappa shape index (κ1) is 17.3. The summed E-state index contributed by atoms with van der Waals surface area (Å²) in [5.41, 5.74) is -0.342. The molecule has 0 aromatic carbocycles. The molecule has 2 aliphatic heterocycles. The Hall–Kier alpha value is -1.08. The van der Waals surface area contributed by atoms with Crippen molar-refractivity contribution in [1.29, 1.82) is 0 Å². The minimum Gasteiger partial charge on any atom is -0.493 e. The Kier molecular flexibility index (Phi) is 3.62. The molecule has 138 valence electrons. The molecular weight excluding hydrogens is 321 g/mol. The SMILES string of the molecule is [CH2-][N+]1([C@@H]2C[C@@H]3CC([C@H]2C)C3(C)C)CC(=O)OB([C@@]2(C)CO2)OC(=O)C1. The van der Waals surface area contributed by atoms with Crippen molar-refractivity contribution in [3.8, 4) is 0 Å². The number of hydrogen-bond acceptors (Lipinski definition) is 5. The average Bonchev–Trinajstić information content (AvgIpc) is 3.23. The van der Waals surface area contributed by atoms with Crippen LogP contribution in [-0.2, 0) is 23.6 Å². The molecule has 2 heterocycles. The fraction of sp³-hybridized carbons (Fsp3) is 0.833. The van der Waals surface area contributed by atoms with Gasteiger partial charge in [0.15, 0.2) is 18.6 Å². The Morgan fingerprint density at radius 2 is 1.68 bits per heavy atom. The van der Waals surface area contributed by atoms with Crippen LogP contribution in [0.15, 0.2) is 0 Å². The fourth-order valence-electron chi connectivity index (χ4n) is 5.49. The van der Waals surface area contributed by atoms with Gasteiger partial charge in [-0.15, -0.1) is 7.05 Å². The Morgan fingerprint density at radius 1 is 1.12 bits per heavy atom. The summed E-state index contributed by atoms with van der Waals surface area (Å²) in [4.78, 5) is 25.0. The van der Waals surface area contributed by atoms with Gasteiger partial charge < -0.3 is 18.5 Å². The zero-order valence-corrected chi connectivity index (χ0v) is 15.6. The first-order chi connectivity index (χ1) is 11.6. The molecule has 0 aromatic rings. The van der Waals surface area contributed by atoms with Gasteiger partial charge in [0, 0.05) is 12.3 Å². The third-order valence-corrected chi connectivity index (χ3v) is 7.48. The van der Waals surface area contributed by atoms with E-state index in [0.29, 0.717) is 29.8 Å². The molecule has 5 fully saturated rings. The molecule has 25 heavy (non-hydrogen) atoms. The summed E-state index contributed by atoms with van der Waals surface area (Å²) >= 11 is 0. The summed E-state index contributed by atoms with van der Waals surface area (Å²) in [6.45, 7) is 9.35. The van der Waals surface area contributed by atoms with Crippen LogP contribution in [0.5, 0.6) is 0 Å².